The second-order valence-electron chi connectivity index (χ2n) is 3.54. The number of nitrogens with two attached hydrogens (primary N) is 1. The maximum Gasteiger partial charge on any atom is 0.237 e. The van der Waals surface area contributed by atoms with Gasteiger partial charge in [-0.25, -0.2) is 0 Å². The number of nitrogens with zero attached hydrogens (tertiary/aromatic N) is 1. The molecule has 1 amide bonds. The summed E-state index contributed by atoms with van der Waals surface area (Å²) in [7, 11) is 0. The average molecular weight is 217 g/mol. The van der Waals surface area contributed by atoms with Crippen molar-refractivity contribution in [3.63, 3.8) is 0 Å². The van der Waals surface area contributed by atoms with Gasteiger partial charge in [-0.3, -0.25) is 4.79 Å². The van der Waals surface area contributed by atoms with E-state index in [1.54, 1.807) is 12.1 Å². The van der Waals surface area contributed by atoms with Crippen molar-refractivity contribution in [1.29, 1.82) is 5.26 Å². The number of nitriles is 1. The average Bonchev–Trinajstić information content (AvgIpc) is 2.35. The van der Waals surface area contributed by atoms with Gasteiger partial charge in [0, 0.05) is 6.54 Å². The Balaban J connectivity index is 2.49. The standard InChI is InChI=1S/C12H15N3O/c1-2-11(14)12(16)15-8-10-5-3-9(7-13)4-6-10/h3-6,11H,2,8,14H2,1H3,(H,15,16)/t11-/m1/s1. The molecule has 1 rings (SSSR count). The first-order valence-electron chi connectivity index (χ1n) is 5.19. The Morgan fingerprint density at radius 1 is 1.50 bits per heavy atom. The van der Waals surface area contributed by atoms with Gasteiger partial charge in [0.15, 0.2) is 0 Å². The number of hydrogen-bond donors (Lipinski definition) is 2. The Morgan fingerprint density at radius 2 is 2.12 bits per heavy atom. The second-order valence-corrected chi connectivity index (χ2v) is 3.54. The van der Waals surface area contributed by atoms with Crippen molar-refractivity contribution in [2.45, 2.75) is 25.9 Å². The molecule has 84 valence electrons. The Morgan fingerprint density at radius 3 is 2.62 bits per heavy atom. The number of rotatable bonds is 4. The van der Waals surface area contributed by atoms with Crippen molar-refractivity contribution in [3.05, 3.63) is 35.4 Å². The van der Waals surface area contributed by atoms with Gasteiger partial charge in [0.05, 0.1) is 17.7 Å². The van der Waals surface area contributed by atoms with Gasteiger partial charge in [-0.2, -0.15) is 5.26 Å². The normalized spacial score (nSPS) is 11.6. The first-order chi connectivity index (χ1) is 7.67. The van der Waals surface area contributed by atoms with Gasteiger partial charge in [0.25, 0.3) is 0 Å². The number of amides is 1. The zero-order chi connectivity index (χ0) is 12.0. The molecule has 0 saturated heterocycles. The zero-order valence-electron chi connectivity index (χ0n) is 9.23. The van der Waals surface area contributed by atoms with Gasteiger partial charge < -0.3 is 11.1 Å². The molecule has 0 saturated carbocycles. The monoisotopic (exact) mass is 217 g/mol. The second kappa shape index (κ2) is 5.89. The van der Waals surface area contributed by atoms with Crippen LogP contribution >= 0.6 is 0 Å². The van der Waals surface area contributed by atoms with E-state index in [9.17, 15) is 4.79 Å². The molecule has 0 aliphatic heterocycles. The predicted molar refractivity (Wildman–Crippen MR) is 61.3 cm³/mol. The van der Waals surface area contributed by atoms with Gasteiger partial charge in [-0.1, -0.05) is 19.1 Å². The highest BCUT2D eigenvalue weighted by molar-refractivity contribution is 5.81. The summed E-state index contributed by atoms with van der Waals surface area (Å²) in [5.74, 6) is -0.146. The van der Waals surface area contributed by atoms with Gasteiger partial charge in [-0.05, 0) is 24.1 Å². The summed E-state index contributed by atoms with van der Waals surface area (Å²) in [6.45, 7) is 2.31. The number of carbonyl (C=O) groups is 1. The van der Waals surface area contributed by atoms with Crippen LogP contribution in [0.25, 0.3) is 0 Å². The summed E-state index contributed by atoms with van der Waals surface area (Å²) in [5, 5.41) is 11.4. The fraction of sp³-hybridized carbons (Fsp3) is 0.333. The molecule has 0 aromatic heterocycles. The summed E-state index contributed by atoms with van der Waals surface area (Å²) in [5.41, 5.74) is 7.14. The van der Waals surface area contributed by atoms with E-state index in [0.29, 0.717) is 18.5 Å². The van der Waals surface area contributed by atoms with E-state index in [1.807, 2.05) is 25.1 Å². The van der Waals surface area contributed by atoms with Crippen molar-refractivity contribution < 1.29 is 4.79 Å². The molecule has 0 unspecified atom stereocenters. The Bertz CT molecular complexity index is 392. The van der Waals surface area contributed by atoms with Crippen molar-refractivity contribution in [3.8, 4) is 6.07 Å². The summed E-state index contributed by atoms with van der Waals surface area (Å²) in [6, 6.07) is 8.67. The third-order valence-corrected chi connectivity index (χ3v) is 2.33. The molecule has 0 aliphatic rings. The molecule has 0 bridgehead atoms. The minimum Gasteiger partial charge on any atom is -0.351 e. The van der Waals surface area contributed by atoms with E-state index in [-0.39, 0.29) is 5.91 Å². The van der Waals surface area contributed by atoms with E-state index < -0.39 is 6.04 Å². The van der Waals surface area contributed by atoms with E-state index in [0.717, 1.165) is 5.56 Å². The molecule has 0 heterocycles. The molecule has 1 aromatic carbocycles. The third-order valence-electron chi connectivity index (χ3n) is 2.33. The van der Waals surface area contributed by atoms with Crippen LogP contribution < -0.4 is 11.1 Å². The largest absolute Gasteiger partial charge is 0.351 e. The first-order valence-corrected chi connectivity index (χ1v) is 5.19. The maximum atomic E-state index is 11.4. The molecule has 0 radical (unpaired) electrons. The number of benzene rings is 1. The lowest BCUT2D eigenvalue weighted by molar-refractivity contribution is -0.122. The third kappa shape index (κ3) is 3.37. The van der Waals surface area contributed by atoms with E-state index >= 15 is 0 Å². The van der Waals surface area contributed by atoms with E-state index in [1.165, 1.54) is 0 Å². The number of carbonyl (C=O) groups excluding carboxylic acids is 1. The lowest BCUT2D eigenvalue weighted by Crippen LogP contribution is -2.39. The number of hydrogen-bond acceptors (Lipinski definition) is 3. The van der Waals surface area contributed by atoms with Crippen molar-refractivity contribution in [1.82, 2.24) is 5.32 Å². The smallest absolute Gasteiger partial charge is 0.237 e. The molecule has 0 fully saturated rings. The topological polar surface area (TPSA) is 78.9 Å². The Labute approximate surface area is 95.1 Å². The highest BCUT2D eigenvalue weighted by atomic mass is 16.2. The van der Waals surface area contributed by atoms with E-state index in [4.69, 9.17) is 11.0 Å². The minimum absolute atomic E-state index is 0.146. The highest BCUT2D eigenvalue weighted by Gasteiger charge is 2.09. The lowest BCUT2D eigenvalue weighted by atomic mass is 10.1. The van der Waals surface area contributed by atoms with Crippen LogP contribution in [-0.2, 0) is 11.3 Å². The molecular formula is C12H15N3O. The molecule has 4 heteroatoms. The fourth-order valence-corrected chi connectivity index (χ4v) is 1.20. The molecule has 1 aromatic rings. The summed E-state index contributed by atoms with van der Waals surface area (Å²) >= 11 is 0. The van der Waals surface area contributed by atoms with Crippen LogP contribution in [0.3, 0.4) is 0 Å². The zero-order valence-corrected chi connectivity index (χ0v) is 9.23. The summed E-state index contributed by atoms with van der Waals surface area (Å²) in [4.78, 5) is 11.4. The quantitative estimate of drug-likeness (QED) is 0.786. The van der Waals surface area contributed by atoms with Gasteiger partial charge in [0.1, 0.15) is 0 Å². The van der Waals surface area contributed by atoms with Crippen molar-refractivity contribution in [2.75, 3.05) is 0 Å². The molecule has 16 heavy (non-hydrogen) atoms. The van der Waals surface area contributed by atoms with Crippen molar-refractivity contribution >= 4 is 5.91 Å². The number of nitrogens with one attached hydrogen (secondary N) is 1. The van der Waals surface area contributed by atoms with E-state index in [2.05, 4.69) is 5.32 Å². The van der Waals surface area contributed by atoms with Crippen LogP contribution in [0.1, 0.15) is 24.5 Å². The molecule has 0 aliphatic carbocycles. The Hall–Kier alpha value is -1.86. The van der Waals surface area contributed by atoms with Crippen molar-refractivity contribution in [2.24, 2.45) is 5.73 Å². The first kappa shape index (κ1) is 12.2. The van der Waals surface area contributed by atoms with Crippen LogP contribution in [-0.4, -0.2) is 11.9 Å². The summed E-state index contributed by atoms with van der Waals surface area (Å²) in [6.07, 6.45) is 0.624. The highest BCUT2D eigenvalue weighted by Crippen LogP contribution is 2.02. The molecule has 3 N–H and O–H groups in total. The van der Waals surface area contributed by atoms with Crippen LogP contribution in [0, 0.1) is 11.3 Å². The Kier molecular flexibility index (Phi) is 4.49. The van der Waals surface area contributed by atoms with Gasteiger partial charge in [-0.15, -0.1) is 0 Å². The lowest BCUT2D eigenvalue weighted by Gasteiger charge is -2.09. The van der Waals surface area contributed by atoms with Crippen LogP contribution in [0.5, 0.6) is 0 Å². The molecular weight excluding hydrogens is 202 g/mol. The van der Waals surface area contributed by atoms with Crippen LogP contribution in [0.4, 0.5) is 0 Å². The minimum atomic E-state index is -0.446. The van der Waals surface area contributed by atoms with Crippen LogP contribution in [0.15, 0.2) is 24.3 Å². The SMILES string of the molecule is CC[C@@H](N)C(=O)NCc1ccc(C#N)cc1. The predicted octanol–water partition coefficient (Wildman–Crippen LogP) is 0.912. The molecule has 0 spiro atoms. The van der Waals surface area contributed by atoms with Gasteiger partial charge >= 0.3 is 0 Å². The molecule has 4 nitrogen and oxygen atoms in total. The maximum absolute atomic E-state index is 11.4. The fourth-order valence-electron chi connectivity index (χ4n) is 1.20. The summed E-state index contributed by atoms with van der Waals surface area (Å²) < 4.78 is 0. The van der Waals surface area contributed by atoms with Crippen LogP contribution in [0.2, 0.25) is 0 Å². The van der Waals surface area contributed by atoms with Gasteiger partial charge in [0.2, 0.25) is 5.91 Å². The molecule has 1 atom stereocenters.